The first-order valence-electron chi connectivity index (χ1n) is 8.38. The van der Waals surface area contributed by atoms with Gasteiger partial charge in [0.1, 0.15) is 0 Å². The Morgan fingerprint density at radius 2 is 1.71 bits per heavy atom. The number of amides is 2. The summed E-state index contributed by atoms with van der Waals surface area (Å²) in [6.07, 6.45) is 2.55. The summed E-state index contributed by atoms with van der Waals surface area (Å²) in [6.45, 7) is 2.76. The van der Waals surface area contributed by atoms with E-state index in [0.29, 0.717) is 36.7 Å². The lowest BCUT2D eigenvalue weighted by atomic mass is 9.87. The van der Waals surface area contributed by atoms with E-state index < -0.39 is 5.97 Å². The number of likely N-dealkylation sites (tertiary alicyclic amines) is 1. The van der Waals surface area contributed by atoms with Crippen LogP contribution in [0.2, 0.25) is 0 Å². The van der Waals surface area contributed by atoms with Crippen molar-refractivity contribution in [3.05, 3.63) is 35.4 Å². The Morgan fingerprint density at radius 1 is 1.08 bits per heavy atom. The van der Waals surface area contributed by atoms with Crippen LogP contribution in [0.4, 0.5) is 0 Å². The van der Waals surface area contributed by atoms with Crippen molar-refractivity contribution in [3.8, 4) is 0 Å². The van der Waals surface area contributed by atoms with E-state index in [0.717, 1.165) is 12.8 Å². The molecule has 3 rings (SSSR count). The van der Waals surface area contributed by atoms with Gasteiger partial charge in [-0.3, -0.25) is 14.4 Å². The molecule has 2 atom stereocenters. The van der Waals surface area contributed by atoms with Crippen LogP contribution in [0.25, 0.3) is 0 Å². The van der Waals surface area contributed by atoms with Gasteiger partial charge in [-0.05, 0) is 49.4 Å². The van der Waals surface area contributed by atoms with Crippen molar-refractivity contribution >= 4 is 17.8 Å². The average Bonchev–Trinajstić information content (AvgIpc) is 3.37. The highest BCUT2D eigenvalue weighted by molar-refractivity contribution is 5.98. The number of carboxylic acid groups (broad SMARTS) is 1. The normalized spacial score (nSPS) is 23.6. The van der Waals surface area contributed by atoms with Gasteiger partial charge in [-0.2, -0.15) is 0 Å². The highest BCUT2D eigenvalue weighted by atomic mass is 16.4. The molecular formula is C18H22N2O4. The second kappa shape index (κ2) is 6.63. The van der Waals surface area contributed by atoms with Crippen molar-refractivity contribution in [3.63, 3.8) is 0 Å². The summed E-state index contributed by atoms with van der Waals surface area (Å²) in [5.41, 5.74) is 1.08. The molecule has 0 bridgehead atoms. The number of carbonyl (C=O) groups excluding carboxylic acids is 2. The maximum atomic E-state index is 12.6. The predicted molar refractivity (Wildman–Crippen MR) is 87.7 cm³/mol. The molecule has 1 aliphatic carbocycles. The van der Waals surface area contributed by atoms with Crippen molar-refractivity contribution in [2.24, 2.45) is 11.8 Å². The van der Waals surface area contributed by atoms with Crippen molar-refractivity contribution in [1.29, 1.82) is 0 Å². The fraction of sp³-hybridized carbons (Fsp3) is 0.500. The summed E-state index contributed by atoms with van der Waals surface area (Å²) in [7, 11) is 0. The summed E-state index contributed by atoms with van der Waals surface area (Å²) in [5.74, 6) is -1.46. The second-order valence-corrected chi connectivity index (χ2v) is 6.79. The maximum absolute atomic E-state index is 12.6. The Hall–Kier alpha value is -2.37. The Morgan fingerprint density at radius 3 is 2.25 bits per heavy atom. The summed E-state index contributed by atoms with van der Waals surface area (Å²) >= 11 is 0. The van der Waals surface area contributed by atoms with E-state index in [9.17, 15) is 14.4 Å². The number of carbonyl (C=O) groups is 3. The minimum Gasteiger partial charge on any atom is -0.481 e. The molecule has 24 heavy (non-hydrogen) atoms. The van der Waals surface area contributed by atoms with Crippen molar-refractivity contribution in [2.45, 2.75) is 32.2 Å². The fourth-order valence-electron chi connectivity index (χ4n) is 3.14. The minimum absolute atomic E-state index is 0.0659. The standard InChI is InChI=1S/C18H22N2O4/c1-11-10-20(9-8-15(11)18(23)24)17(22)13-4-2-12(3-5-13)16(21)19-14-6-7-14/h2-5,11,14-15H,6-10H2,1H3,(H,19,21)(H,23,24). The van der Waals surface area contributed by atoms with Crippen LogP contribution >= 0.6 is 0 Å². The van der Waals surface area contributed by atoms with Crippen LogP contribution in [-0.2, 0) is 4.79 Å². The zero-order chi connectivity index (χ0) is 17.3. The molecule has 2 fully saturated rings. The van der Waals surface area contributed by atoms with Gasteiger partial charge >= 0.3 is 5.97 Å². The smallest absolute Gasteiger partial charge is 0.306 e. The predicted octanol–water partition coefficient (Wildman–Crippen LogP) is 1.76. The van der Waals surface area contributed by atoms with Crippen molar-refractivity contribution in [2.75, 3.05) is 13.1 Å². The summed E-state index contributed by atoms with van der Waals surface area (Å²) < 4.78 is 0. The molecule has 0 aromatic heterocycles. The zero-order valence-corrected chi connectivity index (χ0v) is 13.7. The lowest BCUT2D eigenvalue weighted by Gasteiger charge is -2.35. The molecule has 1 saturated heterocycles. The van der Waals surface area contributed by atoms with Gasteiger partial charge in [-0.1, -0.05) is 6.92 Å². The molecule has 2 aliphatic rings. The lowest BCUT2D eigenvalue weighted by molar-refractivity contribution is -0.145. The number of benzene rings is 1. The highest BCUT2D eigenvalue weighted by Crippen LogP contribution is 2.25. The number of nitrogens with one attached hydrogen (secondary N) is 1. The van der Waals surface area contributed by atoms with E-state index in [-0.39, 0.29) is 23.7 Å². The number of piperidine rings is 1. The van der Waals surface area contributed by atoms with Gasteiger partial charge in [0, 0.05) is 30.3 Å². The molecular weight excluding hydrogens is 308 g/mol. The Kier molecular flexibility index (Phi) is 4.55. The lowest BCUT2D eigenvalue weighted by Crippen LogP contribution is -2.45. The quantitative estimate of drug-likeness (QED) is 0.881. The Labute approximate surface area is 140 Å². The Balaban J connectivity index is 1.62. The minimum atomic E-state index is -0.791. The third-order valence-electron chi connectivity index (χ3n) is 4.82. The number of hydrogen-bond acceptors (Lipinski definition) is 3. The molecule has 6 nitrogen and oxygen atoms in total. The van der Waals surface area contributed by atoms with Gasteiger partial charge in [-0.25, -0.2) is 0 Å². The van der Waals surface area contributed by atoms with E-state index >= 15 is 0 Å². The molecule has 0 spiro atoms. The maximum Gasteiger partial charge on any atom is 0.306 e. The number of aliphatic carboxylic acids is 1. The number of nitrogens with zero attached hydrogens (tertiary/aromatic N) is 1. The van der Waals surface area contributed by atoms with Crippen LogP contribution in [0.1, 0.15) is 46.9 Å². The molecule has 1 heterocycles. The van der Waals surface area contributed by atoms with Crippen LogP contribution < -0.4 is 5.32 Å². The molecule has 6 heteroatoms. The zero-order valence-electron chi connectivity index (χ0n) is 13.7. The molecule has 2 unspecified atom stereocenters. The van der Waals surface area contributed by atoms with Crippen molar-refractivity contribution in [1.82, 2.24) is 10.2 Å². The topological polar surface area (TPSA) is 86.7 Å². The third-order valence-corrected chi connectivity index (χ3v) is 4.82. The molecule has 1 saturated carbocycles. The van der Waals surface area contributed by atoms with Crippen LogP contribution in [0, 0.1) is 11.8 Å². The molecule has 2 N–H and O–H groups in total. The van der Waals surface area contributed by atoms with Gasteiger partial charge < -0.3 is 15.3 Å². The SMILES string of the molecule is CC1CN(C(=O)c2ccc(C(=O)NC3CC3)cc2)CCC1C(=O)O. The van der Waals surface area contributed by atoms with E-state index in [4.69, 9.17) is 5.11 Å². The molecule has 1 aromatic rings. The van der Waals surface area contributed by atoms with Crippen molar-refractivity contribution < 1.29 is 19.5 Å². The van der Waals surface area contributed by atoms with Gasteiger partial charge in [0.05, 0.1) is 5.92 Å². The van der Waals surface area contributed by atoms with Crippen LogP contribution in [0.3, 0.4) is 0 Å². The van der Waals surface area contributed by atoms with E-state index in [1.165, 1.54) is 0 Å². The van der Waals surface area contributed by atoms with E-state index in [2.05, 4.69) is 5.32 Å². The molecule has 1 aromatic carbocycles. The first-order chi connectivity index (χ1) is 11.5. The number of carboxylic acids is 1. The van der Waals surface area contributed by atoms with Gasteiger partial charge in [0.2, 0.25) is 0 Å². The first-order valence-corrected chi connectivity index (χ1v) is 8.38. The second-order valence-electron chi connectivity index (χ2n) is 6.79. The number of hydrogen-bond donors (Lipinski definition) is 2. The molecule has 128 valence electrons. The molecule has 0 radical (unpaired) electrons. The first kappa shape index (κ1) is 16.5. The van der Waals surface area contributed by atoms with E-state index in [1.54, 1.807) is 29.2 Å². The highest BCUT2D eigenvalue weighted by Gasteiger charge is 2.33. The summed E-state index contributed by atoms with van der Waals surface area (Å²) in [6, 6.07) is 6.96. The molecule has 2 amide bonds. The number of rotatable bonds is 4. The van der Waals surface area contributed by atoms with Gasteiger partial charge in [0.25, 0.3) is 11.8 Å². The summed E-state index contributed by atoms with van der Waals surface area (Å²) in [4.78, 5) is 37.4. The Bertz CT molecular complexity index is 651. The largest absolute Gasteiger partial charge is 0.481 e. The fourth-order valence-corrected chi connectivity index (χ4v) is 3.14. The third kappa shape index (κ3) is 3.58. The van der Waals surface area contributed by atoms with Crippen LogP contribution in [0.5, 0.6) is 0 Å². The average molecular weight is 330 g/mol. The monoisotopic (exact) mass is 330 g/mol. The van der Waals surface area contributed by atoms with Gasteiger partial charge in [-0.15, -0.1) is 0 Å². The summed E-state index contributed by atoms with van der Waals surface area (Å²) in [5, 5.41) is 12.1. The van der Waals surface area contributed by atoms with Crippen LogP contribution in [0.15, 0.2) is 24.3 Å². The molecule has 1 aliphatic heterocycles. The van der Waals surface area contributed by atoms with E-state index in [1.807, 2.05) is 6.92 Å². The van der Waals surface area contributed by atoms with Gasteiger partial charge in [0.15, 0.2) is 0 Å². The van der Waals surface area contributed by atoms with Crippen LogP contribution in [-0.4, -0.2) is 46.9 Å².